The van der Waals surface area contributed by atoms with Crippen molar-refractivity contribution in [2.75, 3.05) is 57.9 Å². The first-order valence-corrected chi connectivity index (χ1v) is 9.31. The van der Waals surface area contributed by atoms with Crippen LogP contribution in [0.5, 0.6) is 0 Å². The first-order valence-electron chi connectivity index (χ1n) is 7.77. The minimum absolute atomic E-state index is 0. The normalized spacial score (nSPS) is 14.4. The Hall–Kier alpha value is -1.10. The van der Waals surface area contributed by atoms with E-state index in [9.17, 15) is 13.2 Å². The van der Waals surface area contributed by atoms with Crippen molar-refractivity contribution in [3.05, 3.63) is 24.3 Å². The van der Waals surface area contributed by atoms with E-state index in [1.165, 1.54) is 12.1 Å². The molecule has 0 unspecified atom stereocenters. The average Bonchev–Trinajstić information content (AvgIpc) is 2.58. The Balaban J connectivity index is 0.00000312. The molecule has 2 rings (SSSR count). The fourth-order valence-corrected chi connectivity index (χ4v) is 3.06. The van der Waals surface area contributed by atoms with Gasteiger partial charge in [-0.2, -0.15) is 0 Å². The Morgan fingerprint density at radius 1 is 1.15 bits per heavy atom. The van der Waals surface area contributed by atoms with Gasteiger partial charge in [-0.05, 0) is 24.3 Å². The predicted octanol–water partition coefficient (Wildman–Crippen LogP) is 0.0622. The Morgan fingerprint density at radius 2 is 1.73 bits per heavy atom. The number of rotatable bonds is 7. The van der Waals surface area contributed by atoms with Crippen LogP contribution < -0.4 is 15.4 Å². The molecule has 3 N–H and O–H groups in total. The Kier molecular flexibility index (Phi) is 11.1. The van der Waals surface area contributed by atoms with Crippen LogP contribution in [0.15, 0.2) is 29.2 Å². The van der Waals surface area contributed by atoms with Gasteiger partial charge >= 0.3 is 0 Å². The molecule has 150 valence electrons. The van der Waals surface area contributed by atoms with Crippen LogP contribution in [0.1, 0.15) is 0 Å². The summed E-state index contributed by atoms with van der Waals surface area (Å²) in [5, 5.41) is 8.14. The largest absolute Gasteiger partial charge is 0.383 e. The second kappa shape index (κ2) is 11.6. The Labute approximate surface area is 166 Å². The maximum atomic E-state index is 12.1. The number of anilines is 1. The lowest BCUT2D eigenvalue weighted by molar-refractivity contribution is -0.130. The molecule has 0 bridgehead atoms. The van der Waals surface area contributed by atoms with E-state index in [1.807, 2.05) is 4.90 Å². The number of carbonyl (C=O) groups is 1. The van der Waals surface area contributed by atoms with E-state index in [-0.39, 0.29) is 35.6 Å². The average molecular weight is 429 g/mol. The standard InChI is InChI=1S/C15H24N4O4S.2ClH/c1-23-11-6-17-12-15(20)19-9-7-18(8-10-19)13-2-4-14(5-3-13)24(16,21)22;;/h2-5,17H,6-12H2,1H3,(H2,16,21,22);2*1H. The molecule has 1 saturated heterocycles. The van der Waals surface area contributed by atoms with Crippen LogP contribution in [-0.2, 0) is 19.6 Å². The highest BCUT2D eigenvalue weighted by atomic mass is 35.5. The minimum Gasteiger partial charge on any atom is -0.383 e. The van der Waals surface area contributed by atoms with Gasteiger partial charge < -0.3 is 19.9 Å². The summed E-state index contributed by atoms with van der Waals surface area (Å²) in [6.07, 6.45) is 0. The number of amides is 1. The van der Waals surface area contributed by atoms with Crippen molar-refractivity contribution < 1.29 is 17.9 Å². The number of ether oxygens (including phenoxy) is 1. The summed E-state index contributed by atoms with van der Waals surface area (Å²) in [5.41, 5.74) is 0.924. The lowest BCUT2D eigenvalue weighted by Gasteiger charge is -2.36. The van der Waals surface area contributed by atoms with Crippen LogP contribution in [0, 0.1) is 0 Å². The van der Waals surface area contributed by atoms with Gasteiger partial charge in [-0.25, -0.2) is 13.6 Å². The number of halogens is 2. The van der Waals surface area contributed by atoms with E-state index >= 15 is 0 Å². The molecule has 0 aromatic heterocycles. The molecule has 11 heteroatoms. The van der Waals surface area contributed by atoms with E-state index in [1.54, 1.807) is 19.2 Å². The molecule has 8 nitrogen and oxygen atoms in total. The summed E-state index contributed by atoms with van der Waals surface area (Å²) >= 11 is 0. The number of hydrogen-bond donors (Lipinski definition) is 2. The summed E-state index contributed by atoms with van der Waals surface area (Å²) in [6.45, 7) is 4.24. The number of nitrogens with one attached hydrogen (secondary N) is 1. The second-order valence-corrected chi connectivity index (χ2v) is 7.14. The summed E-state index contributed by atoms with van der Waals surface area (Å²) in [4.78, 5) is 16.1. The number of methoxy groups -OCH3 is 1. The van der Waals surface area contributed by atoms with Crippen molar-refractivity contribution in [3.8, 4) is 0 Å². The maximum absolute atomic E-state index is 12.1. The van der Waals surface area contributed by atoms with Gasteiger partial charge in [0.1, 0.15) is 0 Å². The van der Waals surface area contributed by atoms with E-state index in [0.717, 1.165) is 5.69 Å². The maximum Gasteiger partial charge on any atom is 0.238 e. The van der Waals surface area contributed by atoms with Gasteiger partial charge in [0, 0.05) is 45.5 Å². The highest BCUT2D eigenvalue weighted by Crippen LogP contribution is 2.19. The Morgan fingerprint density at radius 3 is 2.23 bits per heavy atom. The molecule has 0 radical (unpaired) electrons. The van der Waals surface area contributed by atoms with E-state index in [4.69, 9.17) is 9.88 Å². The molecule has 26 heavy (non-hydrogen) atoms. The zero-order valence-electron chi connectivity index (χ0n) is 14.6. The van der Waals surface area contributed by atoms with Gasteiger partial charge in [-0.1, -0.05) is 0 Å². The van der Waals surface area contributed by atoms with Crippen molar-refractivity contribution in [2.24, 2.45) is 5.14 Å². The van der Waals surface area contributed by atoms with Crippen LogP contribution in [-0.4, -0.2) is 72.2 Å². The zero-order valence-corrected chi connectivity index (χ0v) is 17.0. The molecule has 1 aliphatic rings. The number of piperazine rings is 1. The van der Waals surface area contributed by atoms with Gasteiger partial charge in [0.25, 0.3) is 0 Å². The third-order valence-corrected chi connectivity index (χ3v) is 4.85. The van der Waals surface area contributed by atoms with Crippen molar-refractivity contribution >= 4 is 46.4 Å². The first kappa shape index (κ1) is 24.9. The third-order valence-electron chi connectivity index (χ3n) is 3.92. The number of primary sulfonamides is 1. The SMILES string of the molecule is COCCNCC(=O)N1CCN(c2ccc(S(N)(=O)=O)cc2)CC1.Cl.Cl. The molecule has 1 fully saturated rings. The number of benzene rings is 1. The molecule has 1 heterocycles. The topological polar surface area (TPSA) is 105 Å². The number of sulfonamides is 1. The second-order valence-electron chi connectivity index (χ2n) is 5.58. The molecule has 1 aromatic carbocycles. The lowest BCUT2D eigenvalue weighted by atomic mass is 10.2. The first-order chi connectivity index (χ1) is 11.4. The summed E-state index contributed by atoms with van der Waals surface area (Å²) in [6, 6.07) is 6.48. The Bertz CT molecular complexity index is 650. The van der Waals surface area contributed by atoms with Crippen molar-refractivity contribution in [1.82, 2.24) is 10.2 Å². The van der Waals surface area contributed by atoms with Crippen LogP contribution >= 0.6 is 24.8 Å². The molecule has 0 aliphatic carbocycles. The number of hydrogen-bond acceptors (Lipinski definition) is 6. The highest BCUT2D eigenvalue weighted by Gasteiger charge is 2.21. The van der Waals surface area contributed by atoms with Crippen molar-refractivity contribution in [2.45, 2.75) is 4.90 Å². The van der Waals surface area contributed by atoms with Gasteiger partial charge in [0.2, 0.25) is 15.9 Å². The smallest absolute Gasteiger partial charge is 0.238 e. The van der Waals surface area contributed by atoms with Gasteiger partial charge in [0.15, 0.2) is 0 Å². The monoisotopic (exact) mass is 428 g/mol. The highest BCUT2D eigenvalue weighted by molar-refractivity contribution is 7.89. The number of nitrogens with two attached hydrogens (primary N) is 1. The van der Waals surface area contributed by atoms with Gasteiger partial charge in [-0.15, -0.1) is 24.8 Å². The van der Waals surface area contributed by atoms with E-state index < -0.39 is 10.0 Å². The number of nitrogens with zero attached hydrogens (tertiary/aromatic N) is 2. The molecule has 1 amide bonds. The lowest BCUT2D eigenvalue weighted by Crippen LogP contribution is -2.51. The fourth-order valence-electron chi connectivity index (χ4n) is 2.54. The summed E-state index contributed by atoms with van der Waals surface area (Å²) < 4.78 is 27.5. The fraction of sp³-hybridized carbons (Fsp3) is 0.533. The molecule has 0 atom stereocenters. The van der Waals surface area contributed by atoms with Crippen LogP contribution in [0.25, 0.3) is 0 Å². The van der Waals surface area contributed by atoms with Crippen LogP contribution in [0.2, 0.25) is 0 Å². The zero-order chi connectivity index (χ0) is 17.6. The summed E-state index contributed by atoms with van der Waals surface area (Å²) in [5.74, 6) is 0.0790. The molecule has 1 aromatic rings. The summed E-state index contributed by atoms with van der Waals surface area (Å²) in [7, 11) is -2.05. The third kappa shape index (κ3) is 7.26. The molecular formula is C15H26Cl2N4O4S. The van der Waals surface area contributed by atoms with Gasteiger partial charge in [0.05, 0.1) is 18.0 Å². The predicted molar refractivity (Wildman–Crippen MR) is 106 cm³/mol. The van der Waals surface area contributed by atoms with E-state index in [0.29, 0.717) is 45.9 Å². The van der Waals surface area contributed by atoms with Crippen molar-refractivity contribution in [3.63, 3.8) is 0 Å². The van der Waals surface area contributed by atoms with Gasteiger partial charge in [-0.3, -0.25) is 4.79 Å². The molecule has 0 spiro atoms. The molecule has 0 saturated carbocycles. The van der Waals surface area contributed by atoms with Crippen LogP contribution in [0.4, 0.5) is 5.69 Å². The van der Waals surface area contributed by atoms with Crippen LogP contribution in [0.3, 0.4) is 0 Å². The number of carbonyl (C=O) groups excluding carboxylic acids is 1. The van der Waals surface area contributed by atoms with E-state index in [2.05, 4.69) is 10.2 Å². The molecule has 1 aliphatic heterocycles. The minimum atomic E-state index is -3.67. The molecular weight excluding hydrogens is 403 g/mol. The van der Waals surface area contributed by atoms with Crippen molar-refractivity contribution in [1.29, 1.82) is 0 Å². The quantitative estimate of drug-likeness (QED) is 0.594.